The summed E-state index contributed by atoms with van der Waals surface area (Å²) in [6.07, 6.45) is 0.286. The van der Waals surface area contributed by atoms with Gasteiger partial charge in [-0.15, -0.1) is 0 Å². The highest BCUT2D eigenvalue weighted by Crippen LogP contribution is 2.35. The SMILES string of the molecule is CCOC(O)C1NN=C(c2cc(C(C)C)c(O)cc2O)N1c1ccc(CN2CCC(CON)CC2)cc1. The average molecular weight is 514 g/mol. The Kier molecular flexibility index (Phi) is 8.88. The van der Waals surface area contributed by atoms with Crippen LogP contribution in [0, 0.1) is 5.92 Å². The number of aromatic hydroxyl groups is 2. The normalized spacial score (nSPS) is 19.8. The second-order valence-corrected chi connectivity index (χ2v) is 10.0. The molecule has 2 aliphatic heterocycles. The zero-order valence-corrected chi connectivity index (χ0v) is 21.8. The zero-order valence-electron chi connectivity index (χ0n) is 21.8. The number of nitrogens with two attached hydrogens (primary N) is 1. The summed E-state index contributed by atoms with van der Waals surface area (Å²) in [6.45, 7) is 9.54. The summed E-state index contributed by atoms with van der Waals surface area (Å²) in [5.41, 5.74) is 6.08. The molecule has 0 aromatic heterocycles. The number of anilines is 1. The maximum atomic E-state index is 10.7. The molecule has 202 valence electrons. The third-order valence-corrected chi connectivity index (χ3v) is 7.08. The topological polar surface area (TPSA) is 136 Å². The lowest BCUT2D eigenvalue weighted by molar-refractivity contribution is -0.112. The summed E-state index contributed by atoms with van der Waals surface area (Å²) >= 11 is 0. The predicted octanol–water partition coefficient (Wildman–Crippen LogP) is 2.78. The van der Waals surface area contributed by atoms with Crippen LogP contribution in [0.4, 0.5) is 5.69 Å². The van der Waals surface area contributed by atoms with Gasteiger partial charge in [-0.2, -0.15) is 5.10 Å². The number of benzene rings is 2. The molecule has 2 unspecified atom stereocenters. The average Bonchev–Trinajstić information content (AvgIpc) is 3.31. The number of hydrazone groups is 1. The number of phenols is 2. The van der Waals surface area contributed by atoms with E-state index < -0.39 is 12.5 Å². The molecule has 1 saturated heterocycles. The smallest absolute Gasteiger partial charge is 0.195 e. The standard InChI is InChI=1S/C27H39N5O5/c1-4-36-27(35)26-30-29-25(22-13-21(17(2)3)23(33)14-24(22)34)32(26)20-7-5-18(6-8-20)15-31-11-9-19(10-12-31)16-37-28/h5-8,13-14,17,19,26-27,30,33-35H,4,9-12,15-16,28H2,1-3H3. The molecule has 2 heterocycles. The van der Waals surface area contributed by atoms with Crippen molar-refractivity contribution in [3.05, 3.63) is 53.1 Å². The summed E-state index contributed by atoms with van der Waals surface area (Å²) in [6, 6.07) is 11.2. The Hall–Kier alpha value is -2.89. The van der Waals surface area contributed by atoms with Crippen LogP contribution in [0.1, 0.15) is 56.2 Å². The number of amidine groups is 1. The molecule has 0 amide bonds. The van der Waals surface area contributed by atoms with Crippen molar-refractivity contribution in [1.82, 2.24) is 10.3 Å². The van der Waals surface area contributed by atoms with E-state index >= 15 is 0 Å². The van der Waals surface area contributed by atoms with Gasteiger partial charge in [0.15, 0.2) is 18.3 Å². The molecule has 2 aromatic carbocycles. The maximum Gasteiger partial charge on any atom is 0.195 e. The Labute approximate surface area is 218 Å². The molecule has 10 nitrogen and oxygen atoms in total. The van der Waals surface area contributed by atoms with Crippen LogP contribution in [0.2, 0.25) is 0 Å². The van der Waals surface area contributed by atoms with E-state index in [0.29, 0.717) is 36.1 Å². The van der Waals surface area contributed by atoms with Crippen molar-refractivity contribution in [1.29, 1.82) is 0 Å². The van der Waals surface area contributed by atoms with Gasteiger partial charge in [-0.1, -0.05) is 26.0 Å². The van der Waals surface area contributed by atoms with Crippen LogP contribution >= 0.6 is 0 Å². The number of ether oxygens (including phenoxy) is 1. The number of likely N-dealkylation sites (tertiary alicyclic amines) is 1. The van der Waals surface area contributed by atoms with E-state index in [9.17, 15) is 15.3 Å². The largest absolute Gasteiger partial charge is 0.508 e. The lowest BCUT2D eigenvalue weighted by atomic mass is 9.97. The van der Waals surface area contributed by atoms with Crippen LogP contribution in [0.5, 0.6) is 11.5 Å². The Bertz CT molecular complexity index is 1070. The second-order valence-electron chi connectivity index (χ2n) is 10.0. The molecule has 2 aromatic rings. The third kappa shape index (κ3) is 6.16. The molecule has 4 rings (SSSR count). The summed E-state index contributed by atoms with van der Waals surface area (Å²) < 4.78 is 5.48. The van der Waals surface area contributed by atoms with Gasteiger partial charge in [-0.25, -0.2) is 5.90 Å². The van der Waals surface area contributed by atoms with Crippen molar-refractivity contribution in [2.24, 2.45) is 16.9 Å². The van der Waals surface area contributed by atoms with Crippen LogP contribution in [0.3, 0.4) is 0 Å². The van der Waals surface area contributed by atoms with E-state index in [0.717, 1.165) is 38.2 Å². The fourth-order valence-corrected chi connectivity index (χ4v) is 5.00. The Balaban J connectivity index is 1.58. The first-order valence-electron chi connectivity index (χ1n) is 12.9. The van der Waals surface area contributed by atoms with E-state index in [4.69, 9.17) is 15.5 Å². The molecule has 37 heavy (non-hydrogen) atoms. The first-order chi connectivity index (χ1) is 17.8. The molecule has 10 heteroatoms. The van der Waals surface area contributed by atoms with Crippen LogP contribution in [0.15, 0.2) is 41.5 Å². The van der Waals surface area contributed by atoms with Crippen molar-refractivity contribution < 1.29 is 24.9 Å². The van der Waals surface area contributed by atoms with Crippen molar-refractivity contribution >= 4 is 11.5 Å². The van der Waals surface area contributed by atoms with E-state index in [1.165, 1.54) is 11.6 Å². The van der Waals surface area contributed by atoms with E-state index in [1.54, 1.807) is 6.07 Å². The van der Waals surface area contributed by atoms with Crippen LogP contribution < -0.4 is 16.2 Å². The number of nitrogens with zero attached hydrogens (tertiary/aromatic N) is 3. The summed E-state index contributed by atoms with van der Waals surface area (Å²) in [5.74, 6) is 6.16. The molecular weight excluding hydrogens is 474 g/mol. The highest BCUT2D eigenvalue weighted by molar-refractivity contribution is 6.13. The van der Waals surface area contributed by atoms with Crippen molar-refractivity contribution in [3.63, 3.8) is 0 Å². The number of rotatable bonds is 10. The fourth-order valence-electron chi connectivity index (χ4n) is 5.00. The lowest BCUT2D eigenvalue weighted by Crippen LogP contribution is -2.49. The molecule has 0 radical (unpaired) electrons. The first kappa shape index (κ1) is 27.2. The number of aliphatic hydroxyl groups excluding tert-OH is 1. The number of nitrogens with one attached hydrogen (secondary N) is 1. The molecule has 6 N–H and O–H groups in total. The quantitative estimate of drug-likeness (QED) is 0.240. The van der Waals surface area contributed by atoms with Gasteiger partial charge >= 0.3 is 0 Å². The highest BCUT2D eigenvalue weighted by atomic mass is 16.6. The molecule has 1 fully saturated rings. The zero-order chi connectivity index (χ0) is 26.5. The highest BCUT2D eigenvalue weighted by Gasteiger charge is 2.37. The Morgan fingerprint density at radius 2 is 1.81 bits per heavy atom. The Morgan fingerprint density at radius 3 is 2.43 bits per heavy atom. The first-order valence-corrected chi connectivity index (χ1v) is 12.9. The van der Waals surface area contributed by atoms with Gasteiger partial charge in [-0.05, 0) is 74.0 Å². The molecule has 0 spiro atoms. The lowest BCUT2D eigenvalue weighted by Gasteiger charge is -2.32. The molecule has 0 aliphatic carbocycles. The van der Waals surface area contributed by atoms with Crippen LogP contribution in [-0.4, -0.2) is 64.8 Å². The van der Waals surface area contributed by atoms with Gasteiger partial charge in [0.1, 0.15) is 11.5 Å². The van der Waals surface area contributed by atoms with Gasteiger partial charge in [-0.3, -0.25) is 15.2 Å². The van der Waals surface area contributed by atoms with Gasteiger partial charge in [0.2, 0.25) is 0 Å². The van der Waals surface area contributed by atoms with Gasteiger partial charge in [0, 0.05) is 24.9 Å². The number of piperidine rings is 1. The Morgan fingerprint density at radius 1 is 1.11 bits per heavy atom. The molecule has 0 saturated carbocycles. The van der Waals surface area contributed by atoms with E-state index in [-0.39, 0.29) is 17.4 Å². The fraction of sp³-hybridized carbons (Fsp3) is 0.519. The van der Waals surface area contributed by atoms with Crippen molar-refractivity contribution in [2.75, 3.05) is 31.2 Å². The summed E-state index contributed by atoms with van der Waals surface area (Å²) in [7, 11) is 0. The molecule has 2 aliphatic rings. The maximum absolute atomic E-state index is 10.7. The monoisotopic (exact) mass is 513 g/mol. The number of hydrogen-bond donors (Lipinski definition) is 5. The summed E-state index contributed by atoms with van der Waals surface area (Å²) in [4.78, 5) is 9.06. The number of hydrogen-bond acceptors (Lipinski definition) is 10. The molecule has 0 bridgehead atoms. The van der Waals surface area contributed by atoms with Crippen LogP contribution in [-0.2, 0) is 16.1 Å². The minimum absolute atomic E-state index is 0.0317. The number of phenolic OH excluding ortho intramolecular Hbond substituents is 2. The van der Waals surface area contributed by atoms with Gasteiger partial charge in [0.05, 0.1) is 12.2 Å². The van der Waals surface area contributed by atoms with E-state index in [2.05, 4.69) is 27.6 Å². The third-order valence-electron chi connectivity index (χ3n) is 7.08. The van der Waals surface area contributed by atoms with Crippen LogP contribution in [0.25, 0.3) is 0 Å². The molecular formula is C27H39N5O5. The number of aliphatic hydroxyl groups is 1. The van der Waals surface area contributed by atoms with Gasteiger partial charge < -0.3 is 24.9 Å². The predicted molar refractivity (Wildman–Crippen MR) is 142 cm³/mol. The minimum atomic E-state index is -1.16. The van der Waals surface area contributed by atoms with Gasteiger partial charge in [0.25, 0.3) is 0 Å². The second kappa shape index (κ2) is 12.1. The van der Waals surface area contributed by atoms with Crippen molar-refractivity contribution in [3.8, 4) is 11.5 Å². The molecule has 2 atom stereocenters. The summed E-state index contributed by atoms with van der Waals surface area (Å²) in [5, 5.41) is 36.2. The van der Waals surface area contributed by atoms with Crippen molar-refractivity contribution in [2.45, 2.75) is 58.5 Å². The minimum Gasteiger partial charge on any atom is -0.508 e. The van der Waals surface area contributed by atoms with E-state index in [1.807, 2.05) is 37.8 Å².